The van der Waals surface area contributed by atoms with E-state index in [9.17, 15) is 4.79 Å². The summed E-state index contributed by atoms with van der Waals surface area (Å²) in [7, 11) is 0. The van der Waals surface area contributed by atoms with Gasteiger partial charge in [-0.2, -0.15) is 0 Å². The number of ketones is 1. The first kappa shape index (κ1) is 13.1. The molecule has 0 saturated carbocycles. The first-order chi connectivity index (χ1) is 8.60. The second-order valence-electron chi connectivity index (χ2n) is 3.81. The van der Waals surface area contributed by atoms with Crippen molar-refractivity contribution in [3.05, 3.63) is 57.5 Å². The van der Waals surface area contributed by atoms with E-state index in [4.69, 9.17) is 33.4 Å². The SMILES string of the molecule is NCc1ccc(C(=O)Cc2cc(Cl)ccc2Cl)o1. The molecule has 0 spiro atoms. The van der Waals surface area contributed by atoms with Crippen LogP contribution in [0.3, 0.4) is 0 Å². The number of carbonyl (C=O) groups excluding carboxylic acids is 1. The molecular weight excluding hydrogens is 273 g/mol. The molecule has 0 atom stereocenters. The second kappa shape index (κ2) is 5.57. The molecule has 2 N–H and O–H groups in total. The summed E-state index contributed by atoms with van der Waals surface area (Å²) in [5.74, 6) is 0.709. The van der Waals surface area contributed by atoms with Gasteiger partial charge in [0, 0.05) is 16.5 Å². The number of benzene rings is 1. The van der Waals surface area contributed by atoms with Gasteiger partial charge in [0.05, 0.1) is 6.54 Å². The standard InChI is InChI=1S/C13H11Cl2NO2/c14-9-1-3-11(15)8(5-9)6-12(17)13-4-2-10(7-16)18-13/h1-5H,6-7,16H2. The van der Waals surface area contributed by atoms with Gasteiger partial charge in [-0.3, -0.25) is 4.79 Å². The van der Waals surface area contributed by atoms with Crippen LogP contribution in [0, 0.1) is 0 Å². The van der Waals surface area contributed by atoms with Crippen LogP contribution in [-0.2, 0) is 13.0 Å². The second-order valence-corrected chi connectivity index (χ2v) is 4.65. The monoisotopic (exact) mass is 283 g/mol. The van der Waals surface area contributed by atoms with Crippen LogP contribution in [0.15, 0.2) is 34.7 Å². The lowest BCUT2D eigenvalue weighted by molar-refractivity contribution is 0.0964. The van der Waals surface area contributed by atoms with E-state index in [0.29, 0.717) is 21.4 Å². The van der Waals surface area contributed by atoms with Crippen LogP contribution in [0.2, 0.25) is 10.0 Å². The number of nitrogens with two attached hydrogens (primary N) is 1. The fraction of sp³-hybridized carbons (Fsp3) is 0.154. The lowest BCUT2D eigenvalue weighted by Crippen LogP contribution is -2.03. The van der Waals surface area contributed by atoms with Crippen molar-refractivity contribution >= 4 is 29.0 Å². The van der Waals surface area contributed by atoms with E-state index in [0.717, 1.165) is 0 Å². The summed E-state index contributed by atoms with van der Waals surface area (Å²) in [6.07, 6.45) is 0.150. The molecule has 2 rings (SSSR count). The zero-order chi connectivity index (χ0) is 13.1. The molecule has 0 bridgehead atoms. The van der Waals surface area contributed by atoms with E-state index < -0.39 is 0 Å². The Hall–Kier alpha value is -1.29. The highest BCUT2D eigenvalue weighted by Crippen LogP contribution is 2.22. The minimum absolute atomic E-state index is 0.150. The van der Waals surface area contributed by atoms with Crippen LogP contribution < -0.4 is 5.73 Å². The summed E-state index contributed by atoms with van der Waals surface area (Å²) >= 11 is 11.9. The largest absolute Gasteiger partial charge is 0.457 e. The van der Waals surface area contributed by atoms with Crippen LogP contribution in [0.1, 0.15) is 21.9 Å². The zero-order valence-electron chi connectivity index (χ0n) is 9.45. The van der Waals surface area contributed by atoms with Crippen molar-refractivity contribution in [3.63, 3.8) is 0 Å². The normalized spacial score (nSPS) is 10.6. The minimum atomic E-state index is -0.154. The summed E-state index contributed by atoms with van der Waals surface area (Å²) in [6, 6.07) is 8.32. The predicted octanol–water partition coefficient (Wildman–Crippen LogP) is 3.47. The Labute approximate surface area is 114 Å². The maximum absolute atomic E-state index is 12.0. The molecule has 94 valence electrons. The average molecular weight is 284 g/mol. The van der Waals surface area contributed by atoms with Crippen LogP contribution >= 0.6 is 23.2 Å². The molecule has 0 saturated heterocycles. The first-order valence-electron chi connectivity index (χ1n) is 5.36. The van der Waals surface area contributed by atoms with Crippen LogP contribution in [-0.4, -0.2) is 5.78 Å². The Bertz CT molecular complexity index is 578. The van der Waals surface area contributed by atoms with Gasteiger partial charge in [-0.1, -0.05) is 23.2 Å². The molecule has 0 amide bonds. The molecule has 0 aliphatic rings. The molecule has 0 fully saturated rings. The van der Waals surface area contributed by atoms with Gasteiger partial charge < -0.3 is 10.2 Å². The molecule has 1 aromatic heterocycles. The Morgan fingerprint density at radius 1 is 1.22 bits per heavy atom. The first-order valence-corrected chi connectivity index (χ1v) is 6.11. The van der Waals surface area contributed by atoms with Crippen LogP contribution in [0.25, 0.3) is 0 Å². The fourth-order valence-electron chi connectivity index (χ4n) is 1.58. The summed E-state index contributed by atoms with van der Waals surface area (Å²) in [6.45, 7) is 0.269. The van der Waals surface area contributed by atoms with E-state index in [1.54, 1.807) is 30.3 Å². The van der Waals surface area contributed by atoms with Crippen molar-refractivity contribution in [2.75, 3.05) is 0 Å². The summed E-state index contributed by atoms with van der Waals surface area (Å²) < 4.78 is 5.29. The number of hydrogen-bond donors (Lipinski definition) is 1. The smallest absolute Gasteiger partial charge is 0.202 e. The molecule has 0 radical (unpaired) electrons. The molecule has 1 aromatic carbocycles. The van der Waals surface area contributed by atoms with Gasteiger partial charge in [-0.15, -0.1) is 0 Å². The third-order valence-electron chi connectivity index (χ3n) is 2.50. The molecule has 5 heteroatoms. The number of hydrogen-bond acceptors (Lipinski definition) is 3. The molecule has 0 aliphatic carbocycles. The highest BCUT2D eigenvalue weighted by atomic mass is 35.5. The number of Topliss-reactive ketones (excluding diaryl/α,β-unsaturated/α-hetero) is 1. The Balaban J connectivity index is 2.18. The Kier molecular flexibility index (Phi) is 4.07. The van der Waals surface area contributed by atoms with Crippen molar-refractivity contribution in [1.29, 1.82) is 0 Å². The van der Waals surface area contributed by atoms with Crippen molar-refractivity contribution in [3.8, 4) is 0 Å². The van der Waals surface area contributed by atoms with Gasteiger partial charge in [0.15, 0.2) is 5.76 Å². The molecular formula is C13H11Cl2NO2. The highest BCUT2D eigenvalue weighted by Gasteiger charge is 2.13. The molecule has 18 heavy (non-hydrogen) atoms. The summed E-state index contributed by atoms with van der Waals surface area (Å²) in [5.41, 5.74) is 6.10. The topological polar surface area (TPSA) is 56.2 Å². The van der Waals surface area contributed by atoms with E-state index in [1.807, 2.05) is 0 Å². The van der Waals surface area contributed by atoms with Crippen LogP contribution in [0.5, 0.6) is 0 Å². The third kappa shape index (κ3) is 2.93. The maximum atomic E-state index is 12.0. The van der Waals surface area contributed by atoms with E-state index in [-0.39, 0.29) is 24.5 Å². The van der Waals surface area contributed by atoms with Crippen molar-refractivity contribution in [2.45, 2.75) is 13.0 Å². The lowest BCUT2D eigenvalue weighted by atomic mass is 10.1. The number of furan rings is 1. The quantitative estimate of drug-likeness (QED) is 0.874. The summed E-state index contributed by atoms with van der Waals surface area (Å²) in [5, 5.41) is 1.06. The maximum Gasteiger partial charge on any atom is 0.202 e. The number of rotatable bonds is 4. The fourth-order valence-corrected chi connectivity index (χ4v) is 1.96. The number of halogens is 2. The van der Waals surface area contributed by atoms with E-state index in [2.05, 4.69) is 0 Å². The van der Waals surface area contributed by atoms with Crippen molar-refractivity contribution < 1.29 is 9.21 Å². The molecule has 0 aliphatic heterocycles. The lowest BCUT2D eigenvalue weighted by Gasteiger charge is -2.03. The Morgan fingerprint density at radius 3 is 2.67 bits per heavy atom. The van der Waals surface area contributed by atoms with Gasteiger partial charge in [0.2, 0.25) is 5.78 Å². The van der Waals surface area contributed by atoms with E-state index in [1.165, 1.54) is 0 Å². The Morgan fingerprint density at radius 2 is 2.00 bits per heavy atom. The van der Waals surface area contributed by atoms with Crippen molar-refractivity contribution in [2.24, 2.45) is 5.73 Å². The highest BCUT2D eigenvalue weighted by molar-refractivity contribution is 6.33. The predicted molar refractivity (Wildman–Crippen MR) is 71.1 cm³/mol. The molecule has 1 heterocycles. The molecule has 3 nitrogen and oxygen atoms in total. The van der Waals surface area contributed by atoms with Gasteiger partial charge in [-0.25, -0.2) is 0 Å². The number of carbonyl (C=O) groups is 1. The van der Waals surface area contributed by atoms with E-state index >= 15 is 0 Å². The van der Waals surface area contributed by atoms with Gasteiger partial charge in [0.25, 0.3) is 0 Å². The third-order valence-corrected chi connectivity index (χ3v) is 3.10. The van der Waals surface area contributed by atoms with Gasteiger partial charge >= 0.3 is 0 Å². The van der Waals surface area contributed by atoms with Gasteiger partial charge in [0.1, 0.15) is 5.76 Å². The molecule has 0 unspecified atom stereocenters. The minimum Gasteiger partial charge on any atom is -0.457 e. The average Bonchev–Trinajstić information content (AvgIpc) is 2.82. The van der Waals surface area contributed by atoms with Crippen molar-refractivity contribution in [1.82, 2.24) is 0 Å². The molecule has 2 aromatic rings. The zero-order valence-corrected chi connectivity index (χ0v) is 11.0. The van der Waals surface area contributed by atoms with Crippen LogP contribution in [0.4, 0.5) is 0 Å². The van der Waals surface area contributed by atoms with Gasteiger partial charge in [-0.05, 0) is 35.9 Å². The summed E-state index contributed by atoms with van der Waals surface area (Å²) in [4.78, 5) is 12.0.